The normalized spacial score (nSPS) is 29.8. The van der Waals surface area contributed by atoms with Crippen molar-refractivity contribution in [3.8, 4) is 0 Å². The molecule has 4 heteroatoms. The van der Waals surface area contributed by atoms with Crippen LogP contribution in [0, 0.1) is 17.6 Å². The van der Waals surface area contributed by atoms with Gasteiger partial charge in [0, 0.05) is 37.3 Å². The van der Waals surface area contributed by atoms with Gasteiger partial charge in [0.1, 0.15) is 11.6 Å². The summed E-state index contributed by atoms with van der Waals surface area (Å²) in [5.74, 6) is -0.100. The van der Waals surface area contributed by atoms with E-state index < -0.39 is 11.6 Å². The van der Waals surface area contributed by atoms with Gasteiger partial charge in [-0.2, -0.15) is 0 Å². The Morgan fingerprint density at radius 3 is 2.38 bits per heavy atom. The van der Waals surface area contributed by atoms with Crippen LogP contribution in [0.25, 0.3) is 0 Å². The second-order valence-corrected chi connectivity index (χ2v) is 7.80. The fourth-order valence-electron chi connectivity index (χ4n) is 5.32. The summed E-state index contributed by atoms with van der Waals surface area (Å²) in [6.45, 7) is 3.61. The van der Waals surface area contributed by atoms with Gasteiger partial charge < -0.3 is 0 Å². The molecule has 1 aliphatic carbocycles. The lowest BCUT2D eigenvalue weighted by Crippen LogP contribution is -2.59. The summed E-state index contributed by atoms with van der Waals surface area (Å²) in [4.78, 5) is 5.04. The van der Waals surface area contributed by atoms with Gasteiger partial charge in [-0.3, -0.25) is 9.80 Å². The van der Waals surface area contributed by atoms with Gasteiger partial charge in [0.05, 0.1) is 0 Å². The zero-order valence-electron chi connectivity index (χ0n) is 14.4. The van der Waals surface area contributed by atoms with Gasteiger partial charge in [-0.25, -0.2) is 8.78 Å². The highest BCUT2D eigenvalue weighted by atomic mass is 19.1. The van der Waals surface area contributed by atoms with Crippen LogP contribution in [0.2, 0.25) is 0 Å². The molecule has 3 aliphatic rings. The van der Waals surface area contributed by atoms with Gasteiger partial charge in [0.25, 0.3) is 0 Å². The third kappa shape index (κ3) is 3.11. The number of halogens is 2. The molecule has 2 nitrogen and oxygen atoms in total. The van der Waals surface area contributed by atoms with Crippen LogP contribution in [0.3, 0.4) is 0 Å². The molecule has 0 aromatic heterocycles. The van der Waals surface area contributed by atoms with Crippen molar-refractivity contribution in [1.29, 1.82) is 0 Å². The van der Waals surface area contributed by atoms with Crippen LogP contribution in [0.15, 0.2) is 18.2 Å². The minimum absolute atomic E-state index is 0.254. The standard InChI is InChI=1S/C20H28F2N2/c21-17-8-4-9-18(22)16(17)14-24-13-12-23-11-5-10-19(23)20(24)15-6-2-1-3-7-15/h4,8-9,15,19-20H,1-3,5-7,10-14H2/t19-,20+/m1/s1. The Balaban J connectivity index is 1.59. The van der Waals surface area contributed by atoms with Crippen molar-refractivity contribution in [3.63, 3.8) is 0 Å². The van der Waals surface area contributed by atoms with E-state index in [-0.39, 0.29) is 5.56 Å². The van der Waals surface area contributed by atoms with Crippen molar-refractivity contribution in [2.45, 2.75) is 63.6 Å². The van der Waals surface area contributed by atoms with Crippen molar-refractivity contribution < 1.29 is 8.78 Å². The lowest BCUT2D eigenvalue weighted by Gasteiger charge is -2.49. The molecule has 0 bridgehead atoms. The van der Waals surface area contributed by atoms with Gasteiger partial charge in [0.15, 0.2) is 0 Å². The van der Waals surface area contributed by atoms with Crippen molar-refractivity contribution in [3.05, 3.63) is 35.4 Å². The van der Waals surface area contributed by atoms with E-state index in [2.05, 4.69) is 9.80 Å². The van der Waals surface area contributed by atoms with Gasteiger partial charge in [-0.15, -0.1) is 0 Å². The van der Waals surface area contributed by atoms with E-state index in [4.69, 9.17) is 0 Å². The molecular weight excluding hydrogens is 306 g/mol. The molecule has 24 heavy (non-hydrogen) atoms. The predicted octanol–water partition coefficient (Wildman–Crippen LogP) is 4.19. The van der Waals surface area contributed by atoms with Crippen LogP contribution in [-0.4, -0.2) is 41.5 Å². The minimum Gasteiger partial charge on any atom is -0.298 e. The molecule has 0 radical (unpaired) electrons. The van der Waals surface area contributed by atoms with E-state index in [1.165, 1.54) is 69.7 Å². The maximum Gasteiger partial charge on any atom is 0.130 e. The highest BCUT2D eigenvalue weighted by Crippen LogP contribution is 2.38. The molecular formula is C20H28F2N2. The van der Waals surface area contributed by atoms with Gasteiger partial charge in [-0.05, 0) is 50.3 Å². The van der Waals surface area contributed by atoms with Crippen molar-refractivity contribution in [2.24, 2.45) is 5.92 Å². The first-order valence-electron chi connectivity index (χ1n) is 9.65. The summed E-state index contributed by atoms with van der Waals surface area (Å²) in [7, 11) is 0. The lowest BCUT2D eigenvalue weighted by atomic mass is 9.78. The van der Waals surface area contributed by atoms with E-state index in [1.807, 2.05) is 0 Å². The molecule has 0 amide bonds. The average molecular weight is 334 g/mol. The largest absolute Gasteiger partial charge is 0.298 e. The Kier molecular flexibility index (Phi) is 4.86. The highest BCUT2D eigenvalue weighted by Gasteiger charge is 2.43. The average Bonchev–Trinajstić information content (AvgIpc) is 3.07. The van der Waals surface area contributed by atoms with E-state index in [1.54, 1.807) is 0 Å². The third-order valence-electron chi connectivity index (χ3n) is 6.46. The quantitative estimate of drug-likeness (QED) is 0.818. The second kappa shape index (κ2) is 7.09. The molecule has 2 saturated heterocycles. The fourth-order valence-corrected chi connectivity index (χ4v) is 5.32. The second-order valence-electron chi connectivity index (χ2n) is 7.80. The monoisotopic (exact) mass is 334 g/mol. The first-order valence-corrected chi connectivity index (χ1v) is 9.65. The molecule has 0 unspecified atom stereocenters. The Bertz CT molecular complexity index is 551. The number of piperazine rings is 1. The number of hydrogen-bond donors (Lipinski definition) is 0. The molecule has 3 fully saturated rings. The summed E-state index contributed by atoms with van der Waals surface area (Å²) >= 11 is 0. The molecule has 132 valence electrons. The summed E-state index contributed by atoms with van der Waals surface area (Å²) in [6.07, 6.45) is 9.06. The smallest absolute Gasteiger partial charge is 0.130 e. The molecule has 1 saturated carbocycles. The van der Waals surface area contributed by atoms with Gasteiger partial charge in [-0.1, -0.05) is 25.3 Å². The SMILES string of the molecule is Fc1cccc(F)c1CN1CCN2CCC[C@@H]2[C@@H]1C1CCCCC1. The highest BCUT2D eigenvalue weighted by molar-refractivity contribution is 5.20. The topological polar surface area (TPSA) is 6.48 Å². The van der Waals surface area contributed by atoms with Crippen molar-refractivity contribution in [1.82, 2.24) is 9.80 Å². The minimum atomic E-state index is -0.397. The van der Waals surface area contributed by atoms with E-state index in [0.29, 0.717) is 24.5 Å². The maximum atomic E-state index is 14.2. The van der Waals surface area contributed by atoms with Crippen LogP contribution in [0.5, 0.6) is 0 Å². The molecule has 0 N–H and O–H groups in total. The van der Waals surface area contributed by atoms with Gasteiger partial charge >= 0.3 is 0 Å². The molecule has 1 aromatic carbocycles. The number of rotatable bonds is 3. The molecule has 2 aliphatic heterocycles. The third-order valence-corrected chi connectivity index (χ3v) is 6.46. The van der Waals surface area contributed by atoms with Crippen LogP contribution in [0.1, 0.15) is 50.5 Å². The molecule has 0 spiro atoms. The molecule has 4 rings (SSSR count). The Morgan fingerprint density at radius 2 is 1.62 bits per heavy atom. The zero-order valence-corrected chi connectivity index (χ0v) is 14.4. The summed E-state index contributed by atoms with van der Waals surface area (Å²) in [6, 6.07) is 5.30. The Hall–Kier alpha value is -1.00. The van der Waals surface area contributed by atoms with Crippen LogP contribution in [0.4, 0.5) is 8.78 Å². The molecule has 1 aromatic rings. The summed E-state index contributed by atoms with van der Waals surface area (Å²) in [5.41, 5.74) is 0.254. The predicted molar refractivity (Wildman–Crippen MR) is 91.7 cm³/mol. The summed E-state index contributed by atoms with van der Waals surface area (Å²) < 4.78 is 28.3. The lowest BCUT2D eigenvalue weighted by molar-refractivity contribution is -0.00486. The number of fused-ring (bicyclic) bond motifs is 1. The fraction of sp³-hybridized carbons (Fsp3) is 0.700. The first kappa shape index (κ1) is 16.5. The van der Waals surface area contributed by atoms with E-state index >= 15 is 0 Å². The van der Waals surface area contributed by atoms with Crippen molar-refractivity contribution in [2.75, 3.05) is 19.6 Å². The van der Waals surface area contributed by atoms with Crippen LogP contribution < -0.4 is 0 Å². The number of hydrogen-bond acceptors (Lipinski definition) is 2. The first-order chi connectivity index (χ1) is 11.7. The van der Waals surface area contributed by atoms with E-state index in [0.717, 1.165) is 13.1 Å². The van der Waals surface area contributed by atoms with Crippen LogP contribution >= 0.6 is 0 Å². The Morgan fingerprint density at radius 1 is 0.875 bits per heavy atom. The Labute approximate surface area is 143 Å². The molecule has 2 heterocycles. The number of nitrogens with zero attached hydrogens (tertiary/aromatic N) is 2. The maximum absolute atomic E-state index is 14.2. The van der Waals surface area contributed by atoms with Crippen LogP contribution in [-0.2, 0) is 6.54 Å². The van der Waals surface area contributed by atoms with Gasteiger partial charge in [0.2, 0.25) is 0 Å². The number of benzene rings is 1. The molecule has 2 atom stereocenters. The van der Waals surface area contributed by atoms with Crippen molar-refractivity contribution >= 4 is 0 Å². The zero-order chi connectivity index (χ0) is 16.5. The van der Waals surface area contributed by atoms with E-state index in [9.17, 15) is 8.78 Å². The summed E-state index contributed by atoms with van der Waals surface area (Å²) in [5, 5.41) is 0.